The number of benzene rings is 1. The first-order chi connectivity index (χ1) is 6.78. The van der Waals surface area contributed by atoms with E-state index < -0.39 is 0 Å². The summed E-state index contributed by atoms with van der Waals surface area (Å²) in [6, 6.07) is 10.4. The lowest BCUT2D eigenvalue weighted by atomic mass is 9.88. The highest BCUT2D eigenvalue weighted by Crippen LogP contribution is 2.43. The molecule has 2 saturated heterocycles. The van der Waals surface area contributed by atoms with E-state index in [1.165, 1.54) is 5.56 Å². The maximum absolute atomic E-state index is 5.88. The molecule has 0 spiro atoms. The van der Waals surface area contributed by atoms with Crippen molar-refractivity contribution in [2.24, 2.45) is 0 Å². The summed E-state index contributed by atoms with van der Waals surface area (Å²) in [5.74, 6) is 0. The van der Waals surface area contributed by atoms with Gasteiger partial charge in [-0.05, 0) is 12.5 Å². The molecule has 0 radical (unpaired) electrons. The van der Waals surface area contributed by atoms with Crippen molar-refractivity contribution in [3.8, 4) is 0 Å². The van der Waals surface area contributed by atoms with Crippen LogP contribution in [0.2, 0.25) is 0 Å². The van der Waals surface area contributed by atoms with E-state index in [-0.39, 0.29) is 5.60 Å². The van der Waals surface area contributed by atoms with Crippen molar-refractivity contribution < 1.29 is 9.47 Å². The lowest BCUT2D eigenvalue weighted by Gasteiger charge is -2.32. The average Bonchev–Trinajstić information content (AvgIpc) is 2.97. The fourth-order valence-electron chi connectivity index (χ4n) is 2.21. The van der Waals surface area contributed by atoms with E-state index >= 15 is 0 Å². The van der Waals surface area contributed by atoms with Gasteiger partial charge in [-0.15, -0.1) is 0 Å². The number of rotatable bonds is 1. The molecule has 0 aromatic heterocycles. The van der Waals surface area contributed by atoms with E-state index in [0.29, 0.717) is 12.2 Å². The van der Waals surface area contributed by atoms with Crippen molar-refractivity contribution in [1.82, 2.24) is 0 Å². The van der Waals surface area contributed by atoms with Gasteiger partial charge in [-0.1, -0.05) is 30.3 Å². The number of ether oxygens (including phenoxy) is 2. The lowest BCUT2D eigenvalue weighted by Crippen LogP contribution is -2.34. The summed E-state index contributed by atoms with van der Waals surface area (Å²) >= 11 is 0. The predicted molar refractivity (Wildman–Crippen MR) is 53.0 cm³/mol. The Labute approximate surface area is 83.8 Å². The summed E-state index contributed by atoms with van der Waals surface area (Å²) in [5.41, 5.74) is 1.12. The average molecular weight is 190 g/mol. The third-order valence-electron chi connectivity index (χ3n) is 3.23. The van der Waals surface area contributed by atoms with Crippen LogP contribution >= 0.6 is 0 Å². The van der Waals surface area contributed by atoms with Crippen LogP contribution in [0.15, 0.2) is 30.3 Å². The van der Waals surface area contributed by atoms with Crippen LogP contribution in [0.3, 0.4) is 0 Å². The SMILES string of the molecule is C[C@]1(c2ccccc2)CC2O[C@@H]2CO1. The molecule has 0 N–H and O–H groups in total. The molecule has 1 aromatic carbocycles. The molecular formula is C12H14O2. The van der Waals surface area contributed by atoms with E-state index in [0.717, 1.165) is 13.0 Å². The molecule has 2 nitrogen and oxygen atoms in total. The van der Waals surface area contributed by atoms with Gasteiger partial charge in [-0.3, -0.25) is 0 Å². The van der Waals surface area contributed by atoms with Crippen LogP contribution in [0, 0.1) is 0 Å². The predicted octanol–water partition coefficient (Wildman–Crippen LogP) is 2.09. The Morgan fingerprint density at radius 1 is 1.21 bits per heavy atom. The molecule has 2 aliphatic heterocycles. The minimum atomic E-state index is -0.140. The van der Waals surface area contributed by atoms with Gasteiger partial charge in [0.25, 0.3) is 0 Å². The second-order valence-electron chi connectivity index (χ2n) is 4.32. The van der Waals surface area contributed by atoms with Crippen molar-refractivity contribution >= 4 is 0 Å². The van der Waals surface area contributed by atoms with Crippen LogP contribution in [-0.4, -0.2) is 18.8 Å². The second kappa shape index (κ2) is 2.81. The van der Waals surface area contributed by atoms with Gasteiger partial charge in [0, 0.05) is 6.42 Å². The monoisotopic (exact) mass is 190 g/mol. The molecular weight excluding hydrogens is 176 g/mol. The van der Waals surface area contributed by atoms with E-state index in [1.807, 2.05) is 6.07 Å². The highest BCUT2D eigenvalue weighted by atomic mass is 16.6. The van der Waals surface area contributed by atoms with Crippen molar-refractivity contribution in [2.45, 2.75) is 31.2 Å². The summed E-state index contributed by atoms with van der Waals surface area (Å²) < 4.78 is 11.4. The molecule has 0 bridgehead atoms. The summed E-state index contributed by atoms with van der Waals surface area (Å²) in [4.78, 5) is 0. The van der Waals surface area contributed by atoms with Gasteiger partial charge in [-0.25, -0.2) is 0 Å². The third kappa shape index (κ3) is 1.26. The smallest absolute Gasteiger partial charge is 0.108 e. The van der Waals surface area contributed by atoms with Crippen LogP contribution in [-0.2, 0) is 15.1 Å². The van der Waals surface area contributed by atoms with Gasteiger partial charge in [0.2, 0.25) is 0 Å². The topological polar surface area (TPSA) is 21.8 Å². The first-order valence-corrected chi connectivity index (χ1v) is 5.13. The number of hydrogen-bond acceptors (Lipinski definition) is 2. The zero-order valence-corrected chi connectivity index (χ0v) is 8.27. The first-order valence-electron chi connectivity index (χ1n) is 5.13. The molecule has 1 unspecified atom stereocenters. The third-order valence-corrected chi connectivity index (χ3v) is 3.23. The number of epoxide rings is 1. The molecule has 2 fully saturated rings. The zero-order chi connectivity index (χ0) is 9.60. The minimum Gasteiger partial charge on any atom is -0.368 e. The second-order valence-corrected chi connectivity index (χ2v) is 4.32. The Hall–Kier alpha value is -0.860. The molecule has 2 heteroatoms. The molecule has 0 saturated carbocycles. The zero-order valence-electron chi connectivity index (χ0n) is 8.27. The maximum Gasteiger partial charge on any atom is 0.108 e. The van der Waals surface area contributed by atoms with Crippen molar-refractivity contribution in [3.05, 3.63) is 35.9 Å². The number of fused-ring (bicyclic) bond motifs is 1. The summed E-state index contributed by atoms with van der Waals surface area (Å²) in [6.07, 6.45) is 1.81. The molecule has 0 aliphatic carbocycles. The van der Waals surface area contributed by atoms with Gasteiger partial charge >= 0.3 is 0 Å². The van der Waals surface area contributed by atoms with Gasteiger partial charge in [0.1, 0.15) is 6.10 Å². The molecule has 0 amide bonds. The van der Waals surface area contributed by atoms with Crippen LogP contribution in [0.25, 0.3) is 0 Å². The molecule has 14 heavy (non-hydrogen) atoms. The molecule has 3 atom stereocenters. The Balaban J connectivity index is 1.89. The van der Waals surface area contributed by atoms with E-state index in [2.05, 4.69) is 31.2 Å². The highest BCUT2D eigenvalue weighted by molar-refractivity contribution is 5.23. The Kier molecular flexibility index (Phi) is 1.70. The Bertz CT molecular complexity index is 335. The summed E-state index contributed by atoms with van der Waals surface area (Å²) in [6.45, 7) is 2.90. The van der Waals surface area contributed by atoms with Crippen molar-refractivity contribution in [3.63, 3.8) is 0 Å². The minimum absolute atomic E-state index is 0.140. The van der Waals surface area contributed by atoms with Crippen LogP contribution in [0.4, 0.5) is 0 Å². The van der Waals surface area contributed by atoms with Crippen molar-refractivity contribution in [2.75, 3.05) is 6.61 Å². The highest BCUT2D eigenvalue weighted by Gasteiger charge is 2.50. The molecule has 1 aromatic rings. The molecule has 2 heterocycles. The van der Waals surface area contributed by atoms with Crippen LogP contribution in [0.5, 0.6) is 0 Å². The fraction of sp³-hybridized carbons (Fsp3) is 0.500. The standard InChI is InChI=1S/C12H14O2/c1-12(9-5-3-2-4-6-9)7-10-11(14-10)8-13-12/h2-6,10-11H,7-8H2,1H3/t10?,11-,12-/m1/s1. The van der Waals surface area contributed by atoms with E-state index in [1.54, 1.807) is 0 Å². The van der Waals surface area contributed by atoms with Crippen LogP contribution in [0.1, 0.15) is 18.9 Å². The van der Waals surface area contributed by atoms with Crippen molar-refractivity contribution in [1.29, 1.82) is 0 Å². The van der Waals surface area contributed by atoms with E-state index in [9.17, 15) is 0 Å². The Morgan fingerprint density at radius 2 is 2.00 bits per heavy atom. The largest absolute Gasteiger partial charge is 0.368 e. The van der Waals surface area contributed by atoms with Gasteiger partial charge in [0.15, 0.2) is 0 Å². The lowest BCUT2D eigenvalue weighted by molar-refractivity contribution is -0.0577. The number of hydrogen-bond donors (Lipinski definition) is 0. The summed E-state index contributed by atoms with van der Waals surface area (Å²) in [7, 11) is 0. The molecule has 2 aliphatic rings. The fourth-order valence-corrected chi connectivity index (χ4v) is 2.21. The summed E-state index contributed by atoms with van der Waals surface area (Å²) in [5, 5.41) is 0. The van der Waals surface area contributed by atoms with Gasteiger partial charge in [-0.2, -0.15) is 0 Å². The molecule has 74 valence electrons. The van der Waals surface area contributed by atoms with Crippen LogP contribution < -0.4 is 0 Å². The molecule has 3 rings (SSSR count). The van der Waals surface area contributed by atoms with Gasteiger partial charge in [0.05, 0.1) is 18.3 Å². The quantitative estimate of drug-likeness (QED) is 0.632. The van der Waals surface area contributed by atoms with Gasteiger partial charge < -0.3 is 9.47 Å². The maximum atomic E-state index is 5.88. The van der Waals surface area contributed by atoms with E-state index in [4.69, 9.17) is 9.47 Å². The normalized spacial score (nSPS) is 40.4. The Morgan fingerprint density at radius 3 is 2.71 bits per heavy atom. The first kappa shape index (κ1) is 8.45.